The fraction of sp³-hybridized carbons (Fsp3) is 0.364. The van der Waals surface area contributed by atoms with Crippen molar-refractivity contribution in [3.8, 4) is 11.1 Å². The number of carbonyl (C=O) groups excluding carboxylic acids is 2. The molecule has 0 heterocycles. The lowest BCUT2D eigenvalue weighted by Gasteiger charge is -2.26. The molecule has 0 N–H and O–H groups in total. The summed E-state index contributed by atoms with van der Waals surface area (Å²) in [5.74, 6) is -0.0167. The number of carbonyl (C=O) groups is 2. The van der Waals surface area contributed by atoms with Crippen molar-refractivity contribution in [1.82, 2.24) is 4.90 Å². The maximum Gasteiger partial charge on any atom is 0.254 e. The van der Waals surface area contributed by atoms with E-state index in [1.54, 1.807) is 19.1 Å². The summed E-state index contributed by atoms with van der Waals surface area (Å²) in [4.78, 5) is 27.8. The highest BCUT2D eigenvalue weighted by Gasteiger charge is 2.19. The van der Waals surface area contributed by atoms with Crippen LogP contribution in [0.15, 0.2) is 48.5 Å². The third-order valence-electron chi connectivity index (χ3n) is 4.59. The van der Waals surface area contributed by atoms with Crippen LogP contribution in [0.5, 0.6) is 0 Å². The van der Waals surface area contributed by atoms with Gasteiger partial charge in [-0.3, -0.25) is 9.59 Å². The molecule has 2 amide bonds. The van der Waals surface area contributed by atoms with Gasteiger partial charge in [0.1, 0.15) is 0 Å². The maximum atomic E-state index is 12.9. The summed E-state index contributed by atoms with van der Waals surface area (Å²) in [5.41, 5.74) is 3.46. The first-order valence-electron chi connectivity index (χ1n) is 9.10. The lowest BCUT2D eigenvalue weighted by atomic mass is 10.0. The zero-order valence-electron chi connectivity index (χ0n) is 16.7. The predicted octanol–water partition coefficient (Wildman–Crippen LogP) is 3.83. The third-order valence-corrected chi connectivity index (χ3v) is 4.59. The second kappa shape index (κ2) is 9.33. The van der Waals surface area contributed by atoms with E-state index in [0.717, 1.165) is 16.8 Å². The third kappa shape index (κ3) is 5.17. The Morgan fingerprint density at radius 3 is 2.26 bits per heavy atom. The van der Waals surface area contributed by atoms with Gasteiger partial charge in [-0.05, 0) is 49.2 Å². The van der Waals surface area contributed by atoms with E-state index in [1.165, 1.54) is 6.92 Å². The molecule has 0 aliphatic heterocycles. The summed E-state index contributed by atoms with van der Waals surface area (Å²) >= 11 is 0. The van der Waals surface area contributed by atoms with Gasteiger partial charge in [0, 0.05) is 44.9 Å². The molecule has 144 valence electrons. The molecule has 5 nitrogen and oxygen atoms in total. The Hall–Kier alpha value is -2.66. The van der Waals surface area contributed by atoms with Crippen molar-refractivity contribution in [2.75, 3.05) is 32.2 Å². The zero-order chi connectivity index (χ0) is 20.0. The minimum absolute atomic E-state index is 0.00293. The van der Waals surface area contributed by atoms with Crippen LogP contribution in [0.1, 0.15) is 31.1 Å². The Kier molecular flexibility index (Phi) is 7.13. The molecule has 0 bridgehead atoms. The van der Waals surface area contributed by atoms with Gasteiger partial charge in [-0.15, -0.1) is 0 Å². The van der Waals surface area contributed by atoms with Crippen LogP contribution in [0.25, 0.3) is 11.1 Å². The van der Waals surface area contributed by atoms with E-state index in [0.29, 0.717) is 18.7 Å². The lowest BCUT2D eigenvalue weighted by Crippen LogP contribution is -2.39. The molecular weight excluding hydrogens is 340 g/mol. The molecule has 0 aliphatic rings. The molecule has 27 heavy (non-hydrogen) atoms. The Labute approximate surface area is 161 Å². The molecule has 0 atom stereocenters. The highest BCUT2D eigenvalue weighted by atomic mass is 16.5. The van der Waals surface area contributed by atoms with Gasteiger partial charge in [0.05, 0.1) is 6.61 Å². The highest BCUT2D eigenvalue weighted by molar-refractivity contribution is 5.96. The first-order chi connectivity index (χ1) is 12.8. The monoisotopic (exact) mass is 368 g/mol. The Morgan fingerprint density at radius 2 is 1.70 bits per heavy atom. The number of benzene rings is 2. The van der Waals surface area contributed by atoms with Crippen LogP contribution < -0.4 is 4.90 Å². The molecule has 2 rings (SSSR count). The topological polar surface area (TPSA) is 49.9 Å². The Bertz CT molecular complexity index is 784. The van der Waals surface area contributed by atoms with Crippen molar-refractivity contribution in [2.24, 2.45) is 0 Å². The number of rotatable bonds is 7. The normalized spacial score (nSPS) is 10.7. The standard InChI is InChI=1S/C22H28N2O3/c1-16(2)24(13-14-27-5)22(26)20-8-6-7-19(15-20)18-9-11-21(12-10-18)23(4)17(3)25/h6-12,15-16H,13-14H2,1-5H3. The van der Waals surface area contributed by atoms with Crippen LogP contribution in [0.2, 0.25) is 0 Å². The van der Waals surface area contributed by atoms with Gasteiger partial charge in [0.2, 0.25) is 5.91 Å². The summed E-state index contributed by atoms with van der Waals surface area (Å²) in [6, 6.07) is 15.5. The lowest BCUT2D eigenvalue weighted by molar-refractivity contribution is -0.116. The van der Waals surface area contributed by atoms with Crippen LogP contribution in [-0.4, -0.2) is 50.1 Å². The highest BCUT2D eigenvalue weighted by Crippen LogP contribution is 2.24. The van der Waals surface area contributed by atoms with Gasteiger partial charge in [-0.2, -0.15) is 0 Å². The number of anilines is 1. The molecule has 5 heteroatoms. The van der Waals surface area contributed by atoms with Crippen LogP contribution in [0.3, 0.4) is 0 Å². The van der Waals surface area contributed by atoms with Crippen molar-refractivity contribution in [3.63, 3.8) is 0 Å². The van der Waals surface area contributed by atoms with E-state index < -0.39 is 0 Å². The smallest absolute Gasteiger partial charge is 0.254 e. The molecule has 0 unspecified atom stereocenters. The van der Waals surface area contributed by atoms with Crippen molar-refractivity contribution < 1.29 is 14.3 Å². The van der Waals surface area contributed by atoms with E-state index in [4.69, 9.17) is 4.74 Å². The minimum atomic E-state index is -0.0137. The summed E-state index contributed by atoms with van der Waals surface area (Å²) < 4.78 is 5.13. The average molecular weight is 368 g/mol. The van der Waals surface area contributed by atoms with Gasteiger partial charge < -0.3 is 14.5 Å². The van der Waals surface area contributed by atoms with Gasteiger partial charge in [0.25, 0.3) is 5.91 Å². The maximum absolute atomic E-state index is 12.9. The number of amides is 2. The van der Waals surface area contributed by atoms with Crippen LogP contribution in [-0.2, 0) is 9.53 Å². The number of hydrogen-bond acceptors (Lipinski definition) is 3. The Morgan fingerprint density at radius 1 is 1.04 bits per heavy atom. The number of hydrogen-bond donors (Lipinski definition) is 0. The SMILES string of the molecule is COCCN(C(=O)c1cccc(-c2ccc(N(C)C(C)=O)cc2)c1)C(C)C. The fourth-order valence-electron chi connectivity index (χ4n) is 2.84. The molecule has 0 aliphatic carbocycles. The Balaban J connectivity index is 2.26. The van der Waals surface area contributed by atoms with E-state index in [9.17, 15) is 9.59 Å². The van der Waals surface area contributed by atoms with Crippen molar-refractivity contribution in [2.45, 2.75) is 26.8 Å². The molecule has 2 aromatic carbocycles. The number of nitrogens with zero attached hydrogens (tertiary/aromatic N) is 2. The zero-order valence-corrected chi connectivity index (χ0v) is 16.7. The van der Waals surface area contributed by atoms with Gasteiger partial charge in [0.15, 0.2) is 0 Å². The first kappa shape index (κ1) is 20.6. The summed E-state index contributed by atoms with van der Waals surface area (Å²) in [6.45, 7) is 6.61. The van der Waals surface area contributed by atoms with Gasteiger partial charge in [-0.1, -0.05) is 24.3 Å². The molecule has 0 fully saturated rings. The van der Waals surface area contributed by atoms with Gasteiger partial charge in [-0.25, -0.2) is 0 Å². The fourth-order valence-corrected chi connectivity index (χ4v) is 2.84. The first-order valence-corrected chi connectivity index (χ1v) is 9.10. The second-order valence-electron chi connectivity index (χ2n) is 6.79. The molecular formula is C22H28N2O3. The molecule has 0 saturated carbocycles. The van der Waals surface area contributed by atoms with Crippen molar-refractivity contribution >= 4 is 17.5 Å². The largest absolute Gasteiger partial charge is 0.383 e. The summed E-state index contributed by atoms with van der Waals surface area (Å²) in [7, 11) is 3.38. The van der Waals surface area contributed by atoms with Crippen LogP contribution in [0.4, 0.5) is 5.69 Å². The second-order valence-corrected chi connectivity index (χ2v) is 6.79. The predicted molar refractivity (Wildman–Crippen MR) is 109 cm³/mol. The van der Waals surface area contributed by atoms with E-state index in [2.05, 4.69) is 0 Å². The number of ether oxygens (including phenoxy) is 1. The minimum Gasteiger partial charge on any atom is -0.383 e. The van der Waals surface area contributed by atoms with Crippen molar-refractivity contribution in [3.05, 3.63) is 54.1 Å². The molecule has 0 radical (unpaired) electrons. The molecule has 2 aromatic rings. The van der Waals surface area contributed by atoms with Crippen molar-refractivity contribution in [1.29, 1.82) is 0 Å². The van der Waals surface area contributed by atoms with Gasteiger partial charge >= 0.3 is 0 Å². The quantitative estimate of drug-likeness (QED) is 0.746. The average Bonchev–Trinajstić information content (AvgIpc) is 2.67. The van der Waals surface area contributed by atoms with Crippen LogP contribution >= 0.6 is 0 Å². The molecule has 0 spiro atoms. The summed E-state index contributed by atoms with van der Waals surface area (Å²) in [5, 5.41) is 0. The number of methoxy groups -OCH3 is 1. The van der Waals surface area contributed by atoms with E-state index >= 15 is 0 Å². The van der Waals surface area contributed by atoms with Crippen LogP contribution in [0, 0.1) is 0 Å². The summed E-state index contributed by atoms with van der Waals surface area (Å²) in [6.07, 6.45) is 0. The molecule has 0 saturated heterocycles. The van der Waals surface area contributed by atoms with E-state index in [-0.39, 0.29) is 17.9 Å². The van der Waals surface area contributed by atoms with E-state index in [1.807, 2.05) is 67.3 Å². The molecule has 0 aromatic heterocycles.